The van der Waals surface area contributed by atoms with E-state index < -0.39 is 0 Å². The summed E-state index contributed by atoms with van der Waals surface area (Å²) < 4.78 is 0. The maximum atomic E-state index is 12.9. The molecular weight excluding hydrogens is 332 g/mol. The van der Waals surface area contributed by atoms with E-state index in [1.807, 2.05) is 29.7 Å². The SMILES string of the molecule is Cc1cc(C)nc(N2CCN(C(=O)[C@@H]3CCCN(CC(N)=O)C3)CC2)n1. The average molecular weight is 360 g/mol. The molecule has 2 aliphatic rings. The second kappa shape index (κ2) is 7.99. The number of amides is 2. The first-order valence-corrected chi connectivity index (χ1v) is 9.29. The molecule has 2 fully saturated rings. The predicted molar refractivity (Wildman–Crippen MR) is 98.7 cm³/mol. The molecule has 0 bridgehead atoms. The van der Waals surface area contributed by atoms with Crippen LogP contribution in [0, 0.1) is 19.8 Å². The van der Waals surface area contributed by atoms with E-state index >= 15 is 0 Å². The number of hydrogen-bond acceptors (Lipinski definition) is 6. The topological polar surface area (TPSA) is 95.7 Å². The van der Waals surface area contributed by atoms with E-state index in [-0.39, 0.29) is 24.3 Å². The standard InChI is InChI=1S/C18H28N6O2/c1-13-10-14(2)21-18(20-13)24-8-6-23(7-9-24)17(26)15-4-3-5-22(11-15)12-16(19)25/h10,15H,3-9,11-12H2,1-2H3,(H2,19,25)/t15-/m1/s1. The number of hydrogen-bond donors (Lipinski definition) is 1. The molecule has 0 aliphatic carbocycles. The maximum Gasteiger partial charge on any atom is 0.231 e. The van der Waals surface area contributed by atoms with Gasteiger partial charge in [-0.1, -0.05) is 0 Å². The summed E-state index contributed by atoms with van der Waals surface area (Å²) in [7, 11) is 0. The molecule has 2 amide bonds. The van der Waals surface area contributed by atoms with Gasteiger partial charge in [0.25, 0.3) is 0 Å². The predicted octanol–water partition coefficient (Wildman–Crippen LogP) is -0.0607. The van der Waals surface area contributed by atoms with Gasteiger partial charge < -0.3 is 15.5 Å². The lowest BCUT2D eigenvalue weighted by atomic mass is 9.96. The van der Waals surface area contributed by atoms with Crippen molar-refractivity contribution in [3.63, 3.8) is 0 Å². The van der Waals surface area contributed by atoms with Crippen molar-refractivity contribution in [2.24, 2.45) is 11.7 Å². The van der Waals surface area contributed by atoms with Crippen LogP contribution in [0.15, 0.2) is 6.07 Å². The number of primary amides is 1. The third-order valence-corrected chi connectivity index (χ3v) is 5.08. The number of aryl methyl sites for hydroxylation is 2. The molecule has 3 rings (SSSR count). The van der Waals surface area contributed by atoms with Crippen molar-refractivity contribution in [3.05, 3.63) is 17.5 Å². The summed E-state index contributed by atoms with van der Waals surface area (Å²) in [5.74, 6) is 0.576. The number of nitrogens with zero attached hydrogens (tertiary/aromatic N) is 5. The molecular formula is C18H28N6O2. The number of piperidine rings is 1. The van der Waals surface area contributed by atoms with Gasteiger partial charge in [-0.2, -0.15) is 0 Å². The first-order valence-electron chi connectivity index (χ1n) is 9.29. The summed E-state index contributed by atoms with van der Waals surface area (Å²) in [6.07, 6.45) is 1.81. The van der Waals surface area contributed by atoms with Crippen molar-refractivity contribution in [3.8, 4) is 0 Å². The van der Waals surface area contributed by atoms with Crippen LogP contribution in [-0.2, 0) is 9.59 Å². The molecule has 2 aliphatic heterocycles. The van der Waals surface area contributed by atoms with Gasteiger partial charge in [-0.05, 0) is 39.3 Å². The Morgan fingerprint density at radius 1 is 1.12 bits per heavy atom. The molecule has 142 valence electrons. The monoisotopic (exact) mass is 360 g/mol. The number of aromatic nitrogens is 2. The van der Waals surface area contributed by atoms with E-state index in [0.717, 1.165) is 49.8 Å². The number of anilines is 1. The smallest absolute Gasteiger partial charge is 0.231 e. The first-order chi connectivity index (χ1) is 12.4. The van der Waals surface area contributed by atoms with E-state index in [2.05, 4.69) is 14.9 Å². The Morgan fingerprint density at radius 2 is 1.77 bits per heavy atom. The summed E-state index contributed by atoms with van der Waals surface area (Å²) in [4.78, 5) is 39.1. The third-order valence-electron chi connectivity index (χ3n) is 5.08. The van der Waals surface area contributed by atoms with E-state index in [9.17, 15) is 9.59 Å². The lowest BCUT2D eigenvalue weighted by Gasteiger charge is -2.38. The molecule has 0 radical (unpaired) electrons. The van der Waals surface area contributed by atoms with Crippen molar-refractivity contribution in [2.45, 2.75) is 26.7 Å². The van der Waals surface area contributed by atoms with Gasteiger partial charge in [0.15, 0.2) is 0 Å². The normalized spacial score (nSPS) is 21.7. The van der Waals surface area contributed by atoms with Crippen molar-refractivity contribution < 1.29 is 9.59 Å². The Labute approximate surface area is 154 Å². The van der Waals surface area contributed by atoms with Crippen LogP contribution in [0.4, 0.5) is 5.95 Å². The van der Waals surface area contributed by atoms with Crippen LogP contribution in [0.1, 0.15) is 24.2 Å². The van der Waals surface area contributed by atoms with Gasteiger partial charge in [0, 0.05) is 44.1 Å². The molecule has 1 aromatic rings. The van der Waals surface area contributed by atoms with E-state index in [1.165, 1.54) is 0 Å². The lowest BCUT2D eigenvalue weighted by Crippen LogP contribution is -2.53. The summed E-state index contributed by atoms with van der Waals surface area (Å²) in [6, 6.07) is 1.96. The van der Waals surface area contributed by atoms with Crippen LogP contribution >= 0.6 is 0 Å². The Bertz CT molecular complexity index is 651. The molecule has 0 saturated carbocycles. The molecule has 8 heteroatoms. The number of likely N-dealkylation sites (tertiary alicyclic amines) is 1. The Balaban J connectivity index is 1.55. The second-order valence-corrected chi connectivity index (χ2v) is 7.30. The highest BCUT2D eigenvalue weighted by Crippen LogP contribution is 2.20. The van der Waals surface area contributed by atoms with Gasteiger partial charge in [0.1, 0.15) is 0 Å². The minimum atomic E-state index is -0.333. The molecule has 26 heavy (non-hydrogen) atoms. The summed E-state index contributed by atoms with van der Waals surface area (Å²) in [6.45, 7) is 8.49. The van der Waals surface area contributed by atoms with Crippen molar-refractivity contribution >= 4 is 17.8 Å². The summed E-state index contributed by atoms with van der Waals surface area (Å²) >= 11 is 0. The molecule has 3 heterocycles. The van der Waals surface area contributed by atoms with Gasteiger partial charge in [-0.15, -0.1) is 0 Å². The summed E-state index contributed by atoms with van der Waals surface area (Å²) in [5.41, 5.74) is 7.21. The largest absolute Gasteiger partial charge is 0.369 e. The van der Waals surface area contributed by atoms with Gasteiger partial charge >= 0.3 is 0 Å². The Morgan fingerprint density at radius 3 is 2.38 bits per heavy atom. The van der Waals surface area contributed by atoms with Gasteiger partial charge in [-0.3, -0.25) is 14.5 Å². The molecule has 8 nitrogen and oxygen atoms in total. The maximum absolute atomic E-state index is 12.9. The molecule has 0 aromatic carbocycles. The van der Waals surface area contributed by atoms with Gasteiger partial charge in [-0.25, -0.2) is 9.97 Å². The van der Waals surface area contributed by atoms with Crippen LogP contribution in [0.2, 0.25) is 0 Å². The van der Waals surface area contributed by atoms with Crippen molar-refractivity contribution in [1.82, 2.24) is 19.8 Å². The zero-order valence-electron chi connectivity index (χ0n) is 15.6. The van der Waals surface area contributed by atoms with Crippen LogP contribution in [0.5, 0.6) is 0 Å². The van der Waals surface area contributed by atoms with Crippen LogP contribution in [0.25, 0.3) is 0 Å². The fourth-order valence-corrected chi connectivity index (χ4v) is 3.85. The van der Waals surface area contributed by atoms with E-state index in [4.69, 9.17) is 5.73 Å². The second-order valence-electron chi connectivity index (χ2n) is 7.30. The molecule has 2 saturated heterocycles. The average Bonchev–Trinajstić information content (AvgIpc) is 2.60. The molecule has 0 unspecified atom stereocenters. The number of carbonyl (C=O) groups is 2. The third kappa shape index (κ3) is 4.49. The molecule has 1 aromatic heterocycles. The van der Waals surface area contributed by atoms with Crippen molar-refractivity contribution in [1.29, 1.82) is 0 Å². The Hall–Kier alpha value is -2.22. The highest BCUT2D eigenvalue weighted by molar-refractivity contribution is 5.80. The molecule has 1 atom stereocenters. The highest BCUT2D eigenvalue weighted by atomic mass is 16.2. The molecule has 0 spiro atoms. The number of piperazine rings is 1. The highest BCUT2D eigenvalue weighted by Gasteiger charge is 2.31. The minimum Gasteiger partial charge on any atom is -0.369 e. The van der Waals surface area contributed by atoms with E-state index in [0.29, 0.717) is 19.6 Å². The van der Waals surface area contributed by atoms with Gasteiger partial charge in [0.2, 0.25) is 17.8 Å². The van der Waals surface area contributed by atoms with Crippen LogP contribution in [0.3, 0.4) is 0 Å². The number of nitrogens with two attached hydrogens (primary N) is 1. The van der Waals surface area contributed by atoms with Crippen LogP contribution in [-0.4, -0.2) is 77.4 Å². The van der Waals surface area contributed by atoms with E-state index in [1.54, 1.807) is 0 Å². The Kier molecular flexibility index (Phi) is 5.70. The van der Waals surface area contributed by atoms with Crippen molar-refractivity contribution in [2.75, 3.05) is 50.7 Å². The zero-order valence-corrected chi connectivity index (χ0v) is 15.6. The quantitative estimate of drug-likeness (QED) is 0.808. The fraction of sp³-hybridized carbons (Fsp3) is 0.667. The minimum absolute atomic E-state index is 0.0351. The fourth-order valence-electron chi connectivity index (χ4n) is 3.85. The first kappa shape index (κ1) is 18.6. The zero-order chi connectivity index (χ0) is 18.7. The summed E-state index contributed by atoms with van der Waals surface area (Å²) in [5, 5.41) is 0. The van der Waals surface area contributed by atoms with Crippen LogP contribution < -0.4 is 10.6 Å². The van der Waals surface area contributed by atoms with Gasteiger partial charge in [0.05, 0.1) is 12.5 Å². The molecule has 2 N–H and O–H groups in total. The lowest BCUT2D eigenvalue weighted by molar-refractivity contribution is -0.138. The number of rotatable bonds is 4. The number of carbonyl (C=O) groups excluding carboxylic acids is 2.